The summed E-state index contributed by atoms with van der Waals surface area (Å²) >= 11 is 0. The molecule has 1 aliphatic heterocycles. The van der Waals surface area contributed by atoms with Gasteiger partial charge in [-0.15, -0.1) is 0 Å². The Morgan fingerprint density at radius 2 is 1.82 bits per heavy atom. The van der Waals surface area contributed by atoms with Gasteiger partial charge in [-0.05, 0) is 81.9 Å². The van der Waals surface area contributed by atoms with Gasteiger partial charge in [0.25, 0.3) is 0 Å². The van der Waals surface area contributed by atoms with E-state index in [1.165, 1.54) is 50.9 Å². The van der Waals surface area contributed by atoms with Crippen molar-refractivity contribution >= 4 is 0 Å². The van der Waals surface area contributed by atoms with E-state index in [2.05, 4.69) is 36.1 Å². The fourth-order valence-corrected chi connectivity index (χ4v) is 3.14. The number of unbranched alkanes of at least 4 members (excludes halogenated alkanes) is 2. The lowest BCUT2D eigenvalue weighted by Crippen LogP contribution is -2.33. The van der Waals surface area contributed by atoms with Gasteiger partial charge in [-0.1, -0.05) is 25.5 Å². The molecular weight excluding hydrogens is 272 g/mol. The van der Waals surface area contributed by atoms with E-state index in [9.17, 15) is 0 Å². The molecule has 0 bridgehead atoms. The summed E-state index contributed by atoms with van der Waals surface area (Å²) in [5, 5.41) is 0. The van der Waals surface area contributed by atoms with Crippen LogP contribution < -0.4 is 10.5 Å². The molecule has 1 aromatic rings. The van der Waals surface area contributed by atoms with E-state index < -0.39 is 0 Å². The first-order valence-electron chi connectivity index (χ1n) is 8.98. The summed E-state index contributed by atoms with van der Waals surface area (Å²) in [6, 6.07) is 8.79. The molecule has 1 saturated heterocycles. The van der Waals surface area contributed by atoms with Crippen LogP contribution in [0.1, 0.15) is 56.9 Å². The Labute approximate surface area is 135 Å². The van der Waals surface area contributed by atoms with Crippen molar-refractivity contribution in [2.75, 3.05) is 32.8 Å². The molecule has 1 heterocycles. The van der Waals surface area contributed by atoms with Crippen LogP contribution in [-0.4, -0.2) is 37.7 Å². The minimum absolute atomic E-state index is 0.718. The number of ether oxygens (including phenoxy) is 1. The Balaban J connectivity index is 1.74. The molecule has 0 spiro atoms. The van der Waals surface area contributed by atoms with E-state index in [0.29, 0.717) is 0 Å². The van der Waals surface area contributed by atoms with E-state index in [-0.39, 0.29) is 0 Å². The molecule has 2 rings (SSSR count). The molecule has 3 nitrogen and oxygen atoms in total. The minimum atomic E-state index is 0.718. The third-order valence-electron chi connectivity index (χ3n) is 4.63. The molecule has 1 aromatic carbocycles. The molecule has 2 N–H and O–H groups in total. The predicted octanol–water partition coefficient (Wildman–Crippen LogP) is 3.78. The van der Waals surface area contributed by atoms with Crippen LogP contribution in [0, 0.1) is 0 Å². The van der Waals surface area contributed by atoms with Crippen molar-refractivity contribution in [1.29, 1.82) is 0 Å². The van der Waals surface area contributed by atoms with Gasteiger partial charge in [0.2, 0.25) is 0 Å². The van der Waals surface area contributed by atoms with Gasteiger partial charge in [0.05, 0.1) is 6.61 Å². The smallest absolute Gasteiger partial charge is 0.119 e. The number of hydrogen-bond donors (Lipinski definition) is 1. The highest BCUT2D eigenvalue weighted by Gasteiger charge is 2.20. The van der Waals surface area contributed by atoms with E-state index in [1.807, 2.05) is 0 Å². The van der Waals surface area contributed by atoms with Crippen LogP contribution in [0.2, 0.25) is 0 Å². The molecule has 1 aliphatic rings. The van der Waals surface area contributed by atoms with Crippen LogP contribution in [-0.2, 0) is 0 Å². The number of hydrogen-bond acceptors (Lipinski definition) is 3. The van der Waals surface area contributed by atoms with Gasteiger partial charge in [0, 0.05) is 0 Å². The molecule has 0 radical (unpaired) electrons. The van der Waals surface area contributed by atoms with Gasteiger partial charge in [0.15, 0.2) is 0 Å². The Morgan fingerprint density at radius 3 is 2.45 bits per heavy atom. The van der Waals surface area contributed by atoms with Gasteiger partial charge in [-0.2, -0.15) is 0 Å². The van der Waals surface area contributed by atoms with E-state index >= 15 is 0 Å². The molecular formula is C19H32N2O. The Bertz CT molecular complexity index is 396. The monoisotopic (exact) mass is 304 g/mol. The largest absolute Gasteiger partial charge is 0.494 e. The third kappa shape index (κ3) is 5.62. The summed E-state index contributed by atoms with van der Waals surface area (Å²) in [4.78, 5) is 2.59. The molecule has 1 fully saturated rings. The molecule has 0 atom stereocenters. The van der Waals surface area contributed by atoms with Crippen LogP contribution in [0.15, 0.2) is 24.3 Å². The van der Waals surface area contributed by atoms with Crippen molar-refractivity contribution < 1.29 is 4.74 Å². The van der Waals surface area contributed by atoms with Gasteiger partial charge < -0.3 is 15.4 Å². The number of nitrogens with two attached hydrogens (primary N) is 1. The maximum atomic E-state index is 5.74. The van der Waals surface area contributed by atoms with Crippen molar-refractivity contribution in [2.45, 2.75) is 51.4 Å². The number of piperidine rings is 1. The fraction of sp³-hybridized carbons (Fsp3) is 0.684. The Hall–Kier alpha value is -1.06. The molecule has 3 heteroatoms. The van der Waals surface area contributed by atoms with Crippen molar-refractivity contribution in [3.63, 3.8) is 0 Å². The summed E-state index contributed by atoms with van der Waals surface area (Å²) in [7, 11) is 0. The van der Waals surface area contributed by atoms with Gasteiger partial charge in [-0.25, -0.2) is 0 Å². The minimum Gasteiger partial charge on any atom is -0.494 e. The summed E-state index contributed by atoms with van der Waals surface area (Å²) in [6.45, 7) is 7.51. The van der Waals surface area contributed by atoms with Crippen LogP contribution in [0.3, 0.4) is 0 Å². The van der Waals surface area contributed by atoms with E-state index in [1.54, 1.807) is 0 Å². The second kappa shape index (κ2) is 9.86. The summed E-state index contributed by atoms with van der Waals surface area (Å²) in [5.41, 5.74) is 7.04. The summed E-state index contributed by atoms with van der Waals surface area (Å²) in [5.74, 6) is 1.73. The van der Waals surface area contributed by atoms with Gasteiger partial charge in [-0.3, -0.25) is 0 Å². The predicted molar refractivity (Wildman–Crippen MR) is 93.5 cm³/mol. The zero-order valence-electron chi connectivity index (χ0n) is 14.1. The topological polar surface area (TPSA) is 38.5 Å². The highest BCUT2D eigenvalue weighted by molar-refractivity contribution is 5.29. The second-order valence-electron chi connectivity index (χ2n) is 6.38. The van der Waals surface area contributed by atoms with E-state index in [0.717, 1.165) is 37.7 Å². The highest BCUT2D eigenvalue weighted by atomic mass is 16.5. The number of benzene rings is 1. The standard InChI is InChI=1S/C19H32N2O/c1-2-3-16-22-19-8-6-17(7-9-19)18-10-14-21(15-11-18)13-5-4-12-20/h6-9,18H,2-5,10-16,20H2,1H3. The average molecular weight is 304 g/mol. The summed E-state index contributed by atoms with van der Waals surface area (Å²) in [6.07, 6.45) is 7.26. The second-order valence-corrected chi connectivity index (χ2v) is 6.38. The molecule has 0 aliphatic carbocycles. The highest BCUT2D eigenvalue weighted by Crippen LogP contribution is 2.29. The Kier molecular flexibility index (Phi) is 7.75. The molecule has 0 aromatic heterocycles. The first-order valence-corrected chi connectivity index (χ1v) is 8.98. The van der Waals surface area contributed by atoms with Crippen LogP contribution in [0.25, 0.3) is 0 Å². The van der Waals surface area contributed by atoms with Crippen molar-refractivity contribution in [2.24, 2.45) is 5.73 Å². The SMILES string of the molecule is CCCCOc1ccc(C2CCN(CCCCN)CC2)cc1. The van der Waals surface area contributed by atoms with Crippen molar-refractivity contribution in [3.05, 3.63) is 29.8 Å². The van der Waals surface area contributed by atoms with Crippen molar-refractivity contribution in [1.82, 2.24) is 4.90 Å². The normalized spacial score (nSPS) is 16.8. The lowest BCUT2D eigenvalue weighted by Gasteiger charge is -2.32. The van der Waals surface area contributed by atoms with Crippen LogP contribution in [0.4, 0.5) is 0 Å². The zero-order valence-corrected chi connectivity index (χ0v) is 14.1. The van der Waals surface area contributed by atoms with Gasteiger partial charge >= 0.3 is 0 Å². The number of likely N-dealkylation sites (tertiary alicyclic amines) is 1. The first kappa shape index (κ1) is 17.3. The quantitative estimate of drug-likeness (QED) is 0.706. The Morgan fingerprint density at radius 1 is 1.09 bits per heavy atom. The number of nitrogens with zero attached hydrogens (tertiary/aromatic N) is 1. The van der Waals surface area contributed by atoms with Crippen molar-refractivity contribution in [3.8, 4) is 5.75 Å². The molecule has 0 saturated carbocycles. The van der Waals surface area contributed by atoms with Crippen LogP contribution >= 0.6 is 0 Å². The lowest BCUT2D eigenvalue weighted by molar-refractivity contribution is 0.209. The lowest BCUT2D eigenvalue weighted by atomic mass is 9.89. The fourth-order valence-electron chi connectivity index (χ4n) is 3.14. The molecule has 22 heavy (non-hydrogen) atoms. The van der Waals surface area contributed by atoms with Crippen LogP contribution in [0.5, 0.6) is 5.75 Å². The zero-order chi connectivity index (χ0) is 15.6. The molecule has 124 valence electrons. The molecule has 0 unspecified atom stereocenters. The van der Waals surface area contributed by atoms with E-state index in [4.69, 9.17) is 10.5 Å². The maximum Gasteiger partial charge on any atom is 0.119 e. The maximum absolute atomic E-state index is 5.74. The summed E-state index contributed by atoms with van der Waals surface area (Å²) < 4.78 is 5.74. The average Bonchev–Trinajstić information content (AvgIpc) is 2.57. The molecule has 0 amide bonds. The van der Waals surface area contributed by atoms with Gasteiger partial charge in [0.1, 0.15) is 5.75 Å². The first-order chi connectivity index (χ1) is 10.8. The number of rotatable bonds is 9. The third-order valence-corrected chi connectivity index (χ3v) is 4.63.